The van der Waals surface area contributed by atoms with Gasteiger partial charge in [-0.05, 0) is 32.4 Å². The van der Waals surface area contributed by atoms with Gasteiger partial charge in [0.15, 0.2) is 5.82 Å². The molecule has 0 aliphatic carbocycles. The van der Waals surface area contributed by atoms with Crippen LogP contribution in [0.3, 0.4) is 0 Å². The molecule has 6 heteroatoms. The highest BCUT2D eigenvalue weighted by molar-refractivity contribution is 5.80. The lowest BCUT2D eigenvalue weighted by atomic mass is 10.2. The normalized spacial score (nSPS) is 18.8. The molecule has 1 unspecified atom stereocenters. The Labute approximate surface area is 134 Å². The number of benzene rings is 1. The molecule has 1 atom stereocenters. The molecule has 1 aliphatic rings. The zero-order chi connectivity index (χ0) is 15.8. The fourth-order valence-electron chi connectivity index (χ4n) is 3.31. The predicted molar refractivity (Wildman–Crippen MR) is 85.7 cm³/mol. The van der Waals surface area contributed by atoms with Crippen molar-refractivity contribution >= 4 is 10.9 Å². The summed E-state index contributed by atoms with van der Waals surface area (Å²) in [5, 5.41) is 5.20. The molecule has 0 amide bonds. The van der Waals surface area contributed by atoms with Crippen LogP contribution in [-0.2, 0) is 6.54 Å². The average Bonchev–Trinajstić information content (AvgIpc) is 3.16. The Kier molecular flexibility index (Phi) is 3.53. The summed E-state index contributed by atoms with van der Waals surface area (Å²) in [7, 11) is 0. The zero-order valence-corrected chi connectivity index (χ0v) is 13.4. The second-order valence-corrected chi connectivity index (χ2v) is 6.04. The van der Waals surface area contributed by atoms with Gasteiger partial charge in [0, 0.05) is 18.0 Å². The Morgan fingerprint density at radius 2 is 2.04 bits per heavy atom. The van der Waals surface area contributed by atoms with Gasteiger partial charge in [0.25, 0.3) is 0 Å². The van der Waals surface area contributed by atoms with Crippen LogP contribution in [0.15, 0.2) is 28.8 Å². The Bertz CT molecular complexity index is 844. The van der Waals surface area contributed by atoms with Crippen LogP contribution >= 0.6 is 0 Å². The SMILES string of the molecule is Cc1nc(C2CCCN2Cc2nc(C)c3ccccc3n2)no1. The van der Waals surface area contributed by atoms with E-state index in [1.807, 2.05) is 32.0 Å². The quantitative estimate of drug-likeness (QED) is 0.741. The molecule has 1 fully saturated rings. The highest BCUT2D eigenvalue weighted by atomic mass is 16.5. The molecule has 6 nitrogen and oxygen atoms in total. The molecule has 23 heavy (non-hydrogen) atoms. The Morgan fingerprint density at radius 3 is 2.87 bits per heavy atom. The van der Waals surface area contributed by atoms with E-state index < -0.39 is 0 Å². The van der Waals surface area contributed by atoms with Crippen molar-refractivity contribution in [1.82, 2.24) is 25.0 Å². The summed E-state index contributed by atoms with van der Waals surface area (Å²) in [6.07, 6.45) is 2.18. The fourth-order valence-corrected chi connectivity index (χ4v) is 3.31. The summed E-state index contributed by atoms with van der Waals surface area (Å²) in [5.41, 5.74) is 2.03. The standard InChI is InChI=1S/C17H19N5O/c1-11-13-6-3-4-7-14(13)20-16(18-11)10-22-9-5-8-15(22)17-19-12(2)23-21-17/h3-4,6-7,15H,5,8-10H2,1-2H3. The van der Waals surface area contributed by atoms with Crippen LogP contribution in [0.1, 0.15) is 42.1 Å². The highest BCUT2D eigenvalue weighted by Gasteiger charge is 2.30. The van der Waals surface area contributed by atoms with Crippen LogP contribution in [0.25, 0.3) is 10.9 Å². The van der Waals surface area contributed by atoms with E-state index in [2.05, 4.69) is 26.1 Å². The van der Waals surface area contributed by atoms with Crippen LogP contribution in [0.5, 0.6) is 0 Å². The minimum atomic E-state index is 0.197. The van der Waals surface area contributed by atoms with Gasteiger partial charge >= 0.3 is 0 Å². The summed E-state index contributed by atoms with van der Waals surface area (Å²) in [4.78, 5) is 16.1. The van der Waals surface area contributed by atoms with Crippen LogP contribution in [0.2, 0.25) is 0 Å². The molecule has 1 aliphatic heterocycles. The van der Waals surface area contributed by atoms with Gasteiger partial charge in [0.2, 0.25) is 5.89 Å². The van der Waals surface area contributed by atoms with Gasteiger partial charge in [-0.3, -0.25) is 4.90 Å². The first-order valence-corrected chi connectivity index (χ1v) is 7.97. The Balaban J connectivity index is 1.62. The second kappa shape index (κ2) is 5.70. The number of aromatic nitrogens is 4. The molecule has 3 heterocycles. The molecule has 0 N–H and O–H groups in total. The van der Waals surface area contributed by atoms with E-state index in [0.29, 0.717) is 12.4 Å². The number of aryl methyl sites for hydroxylation is 2. The third-order valence-corrected chi connectivity index (χ3v) is 4.39. The van der Waals surface area contributed by atoms with Gasteiger partial charge in [-0.25, -0.2) is 9.97 Å². The number of likely N-dealkylation sites (tertiary alicyclic amines) is 1. The minimum absolute atomic E-state index is 0.197. The first-order valence-electron chi connectivity index (χ1n) is 7.97. The number of hydrogen-bond acceptors (Lipinski definition) is 6. The van der Waals surface area contributed by atoms with Crippen molar-refractivity contribution < 1.29 is 4.52 Å². The van der Waals surface area contributed by atoms with Gasteiger partial charge in [0.1, 0.15) is 5.82 Å². The van der Waals surface area contributed by atoms with Crippen molar-refractivity contribution in [3.63, 3.8) is 0 Å². The maximum Gasteiger partial charge on any atom is 0.223 e. The van der Waals surface area contributed by atoms with E-state index in [0.717, 1.165) is 47.6 Å². The molecule has 0 bridgehead atoms. The first kappa shape index (κ1) is 14.3. The number of rotatable bonds is 3. The third kappa shape index (κ3) is 2.70. The largest absolute Gasteiger partial charge is 0.340 e. The lowest BCUT2D eigenvalue weighted by molar-refractivity contribution is 0.229. The average molecular weight is 309 g/mol. The highest BCUT2D eigenvalue weighted by Crippen LogP contribution is 2.31. The summed E-state index contributed by atoms with van der Waals surface area (Å²) in [6, 6.07) is 8.34. The fraction of sp³-hybridized carbons (Fsp3) is 0.412. The van der Waals surface area contributed by atoms with Gasteiger partial charge in [0.05, 0.1) is 18.1 Å². The number of hydrogen-bond donors (Lipinski definition) is 0. The third-order valence-electron chi connectivity index (χ3n) is 4.39. The molecule has 4 rings (SSSR count). The van der Waals surface area contributed by atoms with Crippen molar-refractivity contribution in [2.75, 3.05) is 6.54 Å². The molecule has 1 saturated heterocycles. The van der Waals surface area contributed by atoms with Gasteiger partial charge in [-0.2, -0.15) is 4.98 Å². The molecule has 0 radical (unpaired) electrons. The van der Waals surface area contributed by atoms with Crippen LogP contribution in [0.4, 0.5) is 0 Å². The molecular weight excluding hydrogens is 290 g/mol. The van der Waals surface area contributed by atoms with Gasteiger partial charge < -0.3 is 4.52 Å². The Morgan fingerprint density at radius 1 is 1.17 bits per heavy atom. The molecular formula is C17H19N5O. The van der Waals surface area contributed by atoms with E-state index in [4.69, 9.17) is 9.51 Å². The lowest BCUT2D eigenvalue weighted by Crippen LogP contribution is -2.25. The number of fused-ring (bicyclic) bond motifs is 1. The monoisotopic (exact) mass is 309 g/mol. The van der Waals surface area contributed by atoms with E-state index in [-0.39, 0.29) is 6.04 Å². The van der Waals surface area contributed by atoms with Gasteiger partial charge in [-0.15, -0.1) is 0 Å². The van der Waals surface area contributed by atoms with E-state index in [1.165, 1.54) is 0 Å². The van der Waals surface area contributed by atoms with Crippen LogP contribution in [-0.4, -0.2) is 31.6 Å². The molecule has 3 aromatic rings. The minimum Gasteiger partial charge on any atom is -0.340 e. The summed E-state index contributed by atoms with van der Waals surface area (Å²) in [5.74, 6) is 2.25. The van der Waals surface area contributed by atoms with Crippen molar-refractivity contribution in [2.24, 2.45) is 0 Å². The van der Waals surface area contributed by atoms with E-state index in [9.17, 15) is 0 Å². The zero-order valence-electron chi connectivity index (χ0n) is 13.4. The Hall–Kier alpha value is -2.34. The maximum absolute atomic E-state index is 5.13. The van der Waals surface area contributed by atoms with E-state index >= 15 is 0 Å². The molecule has 2 aromatic heterocycles. The van der Waals surface area contributed by atoms with Crippen molar-refractivity contribution in [1.29, 1.82) is 0 Å². The van der Waals surface area contributed by atoms with Crippen LogP contribution in [0, 0.1) is 13.8 Å². The maximum atomic E-state index is 5.13. The van der Waals surface area contributed by atoms with Crippen molar-refractivity contribution in [3.05, 3.63) is 47.5 Å². The molecule has 0 saturated carbocycles. The van der Waals surface area contributed by atoms with Crippen molar-refractivity contribution in [3.8, 4) is 0 Å². The molecule has 118 valence electrons. The molecule has 0 spiro atoms. The summed E-state index contributed by atoms with van der Waals surface area (Å²) in [6.45, 7) is 5.58. The van der Waals surface area contributed by atoms with Crippen LogP contribution < -0.4 is 0 Å². The van der Waals surface area contributed by atoms with E-state index in [1.54, 1.807) is 0 Å². The van der Waals surface area contributed by atoms with Gasteiger partial charge in [-0.1, -0.05) is 23.4 Å². The van der Waals surface area contributed by atoms with Crippen molar-refractivity contribution in [2.45, 2.75) is 39.3 Å². The topological polar surface area (TPSA) is 67.9 Å². The lowest BCUT2D eigenvalue weighted by Gasteiger charge is -2.21. The molecule has 1 aromatic carbocycles. The smallest absolute Gasteiger partial charge is 0.223 e. The predicted octanol–water partition coefficient (Wildman–Crippen LogP) is 2.97. The number of para-hydroxylation sites is 1. The second-order valence-electron chi connectivity index (χ2n) is 6.04. The first-order chi connectivity index (χ1) is 11.2. The summed E-state index contributed by atoms with van der Waals surface area (Å²) < 4.78 is 5.13. The summed E-state index contributed by atoms with van der Waals surface area (Å²) >= 11 is 0. The number of nitrogens with zero attached hydrogens (tertiary/aromatic N) is 5.